The van der Waals surface area contributed by atoms with E-state index in [4.69, 9.17) is 0 Å². The molecule has 0 aromatic rings. The summed E-state index contributed by atoms with van der Waals surface area (Å²) in [6.45, 7) is 5.28. The number of likely N-dealkylation sites (tertiary alicyclic amines) is 1. The molecule has 1 unspecified atom stereocenters. The van der Waals surface area contributed by atoms with Crippen molar-refractivity contribution >= 4 is 23.6 Å². The standard InChI is InChI=1S/C21H35N3O4/c1-15-13-19(26)24(21(15)28)14-17-7-9-18(10-8-17)20(27)23-12-6-4-3-5-11-22-16(2)25/h15,17-18H,3-14H2,1-2H3,(H,22,25)(H,23,27)/t15?,17-,18-. The zero-order valence-corrected chi connectivity index (χ0v) is 17.3. The van der Waals surface area contributed by atoms with Crippen molar-refractivity contribution < 1.29 is 19.2 Å². The van der Waals surface area contributed by atoms with E-state index >= 15 is 0 Å². The van der Waals surface area contributed by atoms with Gasteiger partial charge in [-0.15, -0.1) is 0 Å². The van der Waals surface area contributed by atoms with Crippen molar-refractivity contribution in [1.29, 1.82) is 0 Å². The number of hydrogen-bond donors (Lipinski definition) is 2. The lowest BCUT2D eigenvalue weighted by molar-refractivity contribution is -0.140. The smallest absolute Gasteiger partial charge is 0.232 e. The molecule has 0 aromatic carbocycles. The summed E-state index contributed by atoms with van der Waals surface area (Å²) in [6.07, 6.45) is 7.81. The van der Waals surface area contributed by atoms with Gasteiger partial charge in [-0.05, 0) is 44.4 Å². The fourth-order valence-electron chi connectivity index (χ4n) is 4.13. The number of amides is 4. The Balaban J connectivity index is 1.55. The van der Waals surface area contributed by atoms with E-state index in [1.165, 1.54) is 11.8 Å². The topological polar surface area (TPSA) is 95.6 Å². The van der Waals surface area contributed by atoms with Gasteiger partial charge in [0.15, 0.2) is 0 Å². The molecule has 2 rings (SSSR count). The van der Waals surface area contributed by atoms with E-state index in [2.05, 4.69) is 10.6 Å². The third-order valence-electron chi connectivity index (χ3n) is 5.90. The van der Waals surface area contributed by atoms with Gasteiger partial charge in [-0.1, -0.05) is 19.8 Å². The Labute approximate surface area is 168 Å². The predicted molar refractivity (Wildman–Crippen MR) is 106 cm³/mol. The predicted octanol–water partition coefficient (Wildman–Crippen LogP) is 2.00. The number of nitrogens with one attached hydrogen (secondary N) is 2. The number of rotatable bonds is 10. The molecule has 28 heavy (non-hydrogen) atoms. The van der Waals surface area contributed by atoms with Crippen LogP contribution in [-0.2, 0) is 19.2 Å². The fourth-order valence-corrected chi connectivity index (χ4v) is 4.13. The number of unbranched alkanes of at least 4 members (excludes halogenated alkanes) is 3. The SMILES string of the molecule is CC(=O)NCCCCCCNC(=O)[C@H]1CC[C@H](CN2C(=O)CC(C)C2=O)CC1. The average molecular weight is 394 g/mol. The molecule has 1 aliphatic carbocycles. The molecule has 0 radical (unpaired) electrons. The first kappa shape index (κ1) is 22.4. The minimum absolute atomic E-state index is 0.00942. The van der Waals surface area contributed by atoms with Gasteiger partial charge in [-0.25, -0.2) is 0 Å². The maximum absolute atomic E-state index is 12.3. The van der Waals surface area contributed by atoms with E-state index in [1.807, 2.05) is 6.92 Å². The molecule has 4 amide bonds. The average Bonchev–Trinajstić information content (AvgIpc) is 2.90. The molecule has 0 bridgehead atoms. The van der Waals surface area contributed by atoms with Crippen molar-refractivity contribution in [3.63, 3.8) is 0 Å². The fraction of sp³-hybridized carbons (Fsp3) is 0.810. The van der Waals surface area contributed by atoms with Crippen molar-refractivity contribution in [1.82, 2.24) is 15.5 Å². The molecule has 1 atom stereocenters. The van der Waals surface area contributed by atoms with Crippen LogP contribution >= 0.6 is 0 Å². The van der Waals surface area contributed by atoms with Crippen LogP contribution in [0, 0.1) is 17.8 Å². The Bertz CT molecular complexity index is 570. The van der Waals surface area contributed by atoms with Crippen LogP contribution in [0.3, 0.4) is 0 Å². The molecular weight excluding hydrogens is 358 g/mol. The van der Waals surface area contributed by atoms with Crippen LogP contribution in [0.25, 0.3) is 0 Å². The second-order valence-electron chi connectivity index (χ2n) is 8.35. The first-order valence-corrected chi connectivity index (χ1v) is 10.7. The van der Waals surface area contributed by atoms with Crippen LogP contribution in [0.15, 0.2) is 0 Å². The van der Waals surface area contributed by atoms with E-state index in [0.29, 0.717) is 25.4 Å². The Morgan fingerprint density at radius 1 is 0.964 bits per heavy atom. The summed E-state index contributed by atoms with van der Waals surface area (Å²) in [5, 5.41) is 5.82. The highest BCUT2D eigenvalue weighted by molar-refractivity contribution is 6.03. The highest BCUT2D eigenvalue weighted by atomic mass is 16.2. The number of imide groups is 1. The minimum atomic E-state index is -0.181. The normalized spacial score (nSPS) is 25.1. The van der Waals surface area contributed by atoms with Crippen LogP contribution in [-0.4, -0.2) is 48.2 Å². The van der Waals surface area contributed by atoms with Crippen LogP contribution < -0.4 is 10.6 Å². The number of nitrogens with zero attached hydrogens (tertiary/aromatic N) is 1. The lowest BCUT2D eigenvalue weighted by Gasteiger charge is -2.30. The Morgan fingerprint density at radius 2 is 1.57 bits per heavy atom. The third-order valence-corrected chi connectivity index (χ3v) is 5.90. The van der Waals surface area contributed by atoms with Crippen LogP contribution in [0.1, 0.15) is 71.6 Å². The summed E-state index contributed by atoms with van der Waals surface area (Å²) >= 11 is 0. The van der Waals surface area contributed by atoms with Gasteiger partial charge in [0, 0.05) is 44.8 Å². The molecule has 158 valence electrons. The first-order chi connectivity index (χ1) is 13.4. The lowest BCUT2D eigenvalue weighted by atomic mass is 9.81. The molecule has 2 aliphatic rings. The maximum Gasteiger partial charge on any atom is 0.232 e. The van der Waals surface area contributed by atoms with E-state index in [0.717, 1.165) is 57.9 Å². The van der Waals surface area contributed by atoms with E-state index < -0.39 is 0 Å². The maximum atomic E-state index is 12.3. The van der Waals surface area contributed by atoms with Gasteiger partial charge in [0.2, 0.25) is 23.6 Å². The summed E-state index contributed by atoms with van der Waals surface area (Å²) in [5.41, 5.74) is 0. The molecule has 2 fully saturated rings. The minimum Gasteiger partial charge on any atom is -0.356 e. The van der Waals surface area contributed by atoms with Gasteiger partial charge in [-0.2, -0.15) is 0 Å². The van der Waals surface area contributed by atoms with Crippen molar-refractivity contribution in [3.05, 3.63) is 0 Å². The highest BCUT2D eigenvalue weighted by Gasteiger charge is 2.37. The van der Waals surface area contributed by atoms with Crippen molar-refractivity contribution in [2.75, 3.05) is 19.6 Å². The first-order valence-electron chi connectivity index (χ1n) is 10.7. The van der Waals surface area contributed by atoms with E-state index in [1.54, 1.807) is 0 Å². The Morgan fingerprint density at radius 3 is 2.11 bits per heavy atom. The third kappa shape index (κ3) is 6.91. The van der Waals surface area contributed by atoms with Gasteiger partial charge < -0.3 is 10.6 Å². The monoisotopic (exact) mass is 393 g/mol. The highest BCUT2D eigenvalue weighted by Crippen LogP contribution is 2.31. The van der Waals surface area contributed by atoms with Gasteiger partial charge in [0.05, 0.1) is 0 Å². The van der Waals surface area contributed by atoms with Crippen LogP contribution in [0.5, 0.6) is 0 Å². The largest absolute Gasteiger partial charge is 0.356 e. The quantitative estimate of drug-likeness (QED) is 0.438. The number of hydrogen-bond acceptors (Lipinski definition) is 4. The molecule has 1 saturated carbocycles. The molecule has 2 N–H and O–H groups in total. The van der Waals surface area contributed by atoms with Crippen LogP contribution in [0.4, 0.5) is 0 Å². The molecule has 1 saturated heterocycles. The molecule has 1 heterocycles. The number of carbonyl (C=O) groups excluding carboxylic acids is 4. The molecule has 1 aliphatic heterocycles. The summed E-state index contributed by atoms with van der Waals surface area (Å²) in [4.78, 5) is 48.5. The lowest BCUT2D eigenvalue weighted by Crippen LogP contribution is -2.38. The molecule has 0 aromatic heterocycles. The van der Waals surface area contributed by atoms with Gasteiger partial charge in [0.25, 0.3) is 0 Å². The zero-order chi connectivity index (χ0) is 20.5. The van der Waals surface area contributed by atoms with Gasteiger partial charge in [0.1, 0.15) is 0 Å². The molecule has 7 heteroatoms. The van der Waals surface area contributed by atoms with Crippen molar-refractivity contribution in [2.24, 2.45) is 17.8 Å². The molecule has 7 nitrogen and oxygen atoms in total. The van der Waals surface area contributed by atoms with E-state index in [-0.39, 0.29) is 35.5 Å². The second kappa shape index (κ2) is 11.2. The summed E-state index contributed by atoms with van der Waals surface area (Å²) < 4.78 is 0. The van der Waals surface area contributed by atoms with Crippen molar-refractivity contribution in [3.8, 4) is 0 Å². The second-order valence-corrected chi connectivity index (χ2v) is 8.35. The Kier molecular flexibility index (Phi) is 8.93. The van der Waals surface area contributed by atoms with Crippen LogP contribution in [0.2, 0.25) is 0 Å². The molecular formula is C21H35N3O4. The summed E-state index contributed by atoms with van der Waals surface area (Å²) in [7, 11) is 0. The van der Waals surface area contributed by atoms with E-state index in [9.17, 15) is 19.2 Å². The number of carbonyl (C=O) groups is 4. The van der Waals surface area contributed by atoms with Gasteiger partial charge in [-0.3, -0.25) is 24.1 Å². The molecule has 0 spiro atoms. The Hall–Kier alpha value is -1.92. The summed E-state index contributed by atoms with van der Waals surface area (Å²) in [5.74, 6) is 0.260. The zero-order valence-electron chi connectivity index (χ0n) is 17.3. The summed E-state index contributed by atoms with van der Waals surface area (Å²) in [6, 6.07) is 0. The van der Waals surface area contributed by atoms with Gasteiger partial charge >= 0.3 is 0 Å². The van der Waals surface area contributed by atoms with Crippen molar-refractivity contribution in [2.45, 2.75) is 71.6 Å².